The van der Waals surface area contributed by atoms with Gasteiger partial charge in [-0.15, -0.1) is 0 Å². The largest absolute Gasteiger partial charge is 0.544 e. The first-order chi connectivity index (χ1) is 23.1. The monoisotopic (exact) mass is 673 g/mol. The Hall–Kier alpha value is -2.97. The number of likely N-dealkylation sites (N-methyl/N-ethyl adjacent to an activating group) is 1. The Morgan fingerprint density at radius 3 is 1.71 bits per heavy atom. The molecule has 0 fully saturated rings. The van der Waals surface area contributed by atoms with Crippen molar-refractivity contribution in [2.24, 2.45) is 0 Å². The van der Waals surface area contributed by atoms with Crippen molar-refractivity contribution in [2.45, 2.75) is 135 Å². The number of quaternary nitrogens is 1. The highest BCUT2D eigenvalue weighted by Crippen LogP contribution is 2.13. The zero-order chi connectivity index (χ0) is 35.7. The molecule has 0 rings (SSSR count). The number of carboxylic acids is 1. The van der Waals surface area contributed by atoms with Gasteiger partial charge >= 0.3 is 11.9 Å². The lowest BCUT2D eigenvalue weighted by Gasteiger charge is -2.34. The van der Waals surface area contributed by atoms with Crippen LogP contribution in [0.3, 0.4) is 0 Å². The Bertz CT molecular complexity index is 975. The topological polar surface area (TPSA) is 102 Å². The van der Waals surface area contributed by atoms with Gasteiger partial charge in [0.15, 0.2) is 6.10 Å². The molecule has 8 nitrogen and oxygen atoms in total. The van der Waals surface area contributed by atoms with Crippen molar-refractivity contribution in [1.29, 1.82) is 0 Å². The second kappa shape index (κ2) is 31.3. The molecule has 0 radical (unpaired) electrons. The zero-order valence-electron chi connectivity index (χ0n) is 30.9. The van der Waals surface area contributed by atoms with Crippen molar-refractivity contribution < 1.29 is 38.2 Å². The van der Waals surface area contributed by atoms with Gasteiger partial charge in [-0.1, -0.05) is 139 Å². The van der Waals surface area contributed by atoms with E-state index in [4.69, 9.17) is 14.2 Å². The van der Waals surface area contributed by atoms with Gasteiger partial charge in [-0.2, -0.15) is 0 Å². The number of nitrogens with zero attached hydrogens (tertiary/aromatic N) is 1. The average Bonchev–Trinajstić information content (AvgIpc) is 3.03. The van der Waals surface area contributed by atoms with Crippen LogP contribution in [0.15, 0.2) is 60.8 Å². The molecule has 0 aliphatic heterocycles. The van der Waals surface area contributed by atoms with Crippen LogP contribution in [0.5, 0.6) is 0 Å². The molecule has 0 saturated carbocycles. The molecule has 0 aromatic carbocycles. The molecule has 2 unspecified atom stereocenters. The van der Waals surface area contributed by atoms with Crippen molar-refractivity contribution in [3.63, 3.8) is 0 Å². The van der Waals surface area contributed by atoms with Crippen molar-refractivity contribution in [3.05, 3.63) is 60.8 Å². The average molecular weight is 674 g/mol. The third-order valence-corrected chi connectivity index (χ3v) is 7.80. The number of rotatable bonds is 31. The molecule has 0 aliphatic rings. The maximum absolute atomic E-state index is 12.6. The van der Waals surface area contributed by atoms with E-state index in [0.29, 0.717) is 12.8 Å². The fourth-order valence-electron chi connectivity index (χ4n) is 4.92. The minimum atomic E-state index is -1.14. The predicted octanol–water partition coefficient (Wildman–Crippen LogP) is 7.74. The molecule has 2 atom stereocenters. The quantitative estimate of drug-likeness (QED) is 0.0321. The van der Waals surface area contributed by atoms with Gasteiger partial charge in [0, 0.05) is 19.3 Å². The first kappa shape index (κ1) is 45.0. The summed E-state index contributed by atoms with van der Waals surface area (Å²) >= 11 is 0. The smallest absolute Gasteiger partial charge is 0.306 e. The van der Waals surface area contributed by atoms with Gasteiger partial charge < -0.3 is 28.6 Å². The minimum Gasteiger partial charge on any atom is -0.544 e. The minimum absolute atomic E-state index is 0.0168. The maximum Gasteiger partial charge on any atom is 0.306 e. The van der Waals surface area contributed by atoms with Gasteiger partial charge in [0.2, 0.25) is 0 Å². The van der Waals surface area contributed by atoms with Crippen LogP contribution in [-0.4, -0.2) is 75.5 Å². The van der Waals surface area contributed by atoms with E-state index in [1.165, 1.54) is 51.4 Å². The maximum atomic E-state index is 12.6. The second-order valence-electron chi connectivity index (χ2n) is 13.2. The Morgan fingerprint density at radius 1 is 0.646 bits per heavy atom. The second-order valence-corrected chi connectivity index (χ2v) is 13.2. The van der Waals surface area contributed by atoms with Gasteiger partial charge in [-0.3, -0.25) is 9.59 Å². The summed E-state index contributed by atoms with van der Waals surface area (Å²) in [5, 5.41) is 11.6. The lowest BCUT2D eigenvalue weighted by molar-refractivity contribution is -0.889. The SMILES string of the molecule is CC/C=C/C=C/C=C/C=C/C=C/CCCC(=O)OCC(COCCC(C(=O)[O-])[N+](C)(C)C)OC(=O)CCCCCCCCCCCCC. The summed E-state index contributed by atoms with van der Waals surface area (Å²) in [7, 11) is 5.36. The molecule has 0 aliphatic carbocycles. The molecule has 0 aromatic rings. The van der Waals surface area contributed by atoms with Crippen LogP contribution in [0.1, 0.15) is 123 Å². The summed E-state index contributed by atoms with van der Waals surface area (Å²) in [5.74, 6) is -1.84. The Labute approximate surface area is 292 Å². The first-order valence-electron chi connectivity index (χ1n) is 18.4. The Morgan fingerprint density at radius 2 is 1.17 bits per heavy atom. The number of hydrogen-bond donors (Lipinski definition) is 0. The van der Waals surface area contributed by atoms with E-state index in [-0.39, 0.29) is 49.1 Å². The number of carbonyl (C=O) groups is 3. The lowest BCUT2D eigenvalue weighted by Crippen LogP contribution is -2.55. The van der Waals surface area contributed by atoms with Crippen LogP contribution in [0.25, 0.3) is 0 Å². The molecule has 0 amide bonds. The molecule has 8 heteroatoms. The third kappa shape index (κ3) is 29.2. The van der Waals surface area contributed by atoms with Gasteiger partial charge in [0.25, 0.3) is 0 Å². The van der Waals surface area contributed by atoms with E-state index in [2.05, 4.69) is 19.9 Å². The number of carbonyl (C=O) groups excluding carboxylic acids is 3. The van der Waals surface area contributed by atoms with Crippen molar-refractivity contribution in [1.82, 2.24) is 0 Å². The number of esters is 2. The zero-order valence-corrected chi connectivity index (χ0v) is 30.9. The number of unbranched alkanes of at least 4 members (excludes halogenated alkanes) is 11. The molecular formula is C40H67NO7. The fourth-order valence-corrected chi connectivity index (χ4v) is 4.92. The Kier molecular flexibility index (Phi) is 29.4. The summed E-state index contributed by atoms with van der Waals surface area (Å²) in [6.07, 6.45) is 35.4. The van der Waals surface area contributed by atoms with Gasteiger partial charge in [0.05, 0.1) is 40.3 Å². The van der Waals surface area contributed by atoms with Gasteiger partial charge in [-0.25, -0.2) is 0 Å². The highest BCUT2D eigenvalue weighted by Gasteiger charge is 2.25. The number of hydrogen-bond acceptors (Lipinski definition) is 7. The summed E-state index contributed by atoms with van der Waals surface area (Å²) < 4.78 is 17.0. The fraction of sp³-hybridized carbons (Fsp3) is 0.675. The molecular weight excluding hydrogens is 606 g/mol. The standard InChI is InChI=1S/C40H67NO7/c1-6-8-10-12-14-16-18-19-21-22-24-26-28-30-38(42)47-35-36(34-46-33-32-37(40(44)45)41(3,4)5)48-39(43)31-29-27-25-23-20-17-15-13-11-9-7-2/h8,10,12,14,16,18-19,21-22,24,36-37H,6-7,9,11,13,15,17,20,23,25-35H2,1-5H3/b10-8+,14-12+,18-16+,21-19+,24-22+. The van der Waals surface area contributed by atoms with E-state index in [0.717, 1.165) is 32.1 Å². The van der Waals surface area contributed by atoms with Crippen LogP contribution in [0, 0.1) is 0 Å². The summed E-state index contributed by atoms with van der Waals surface area (Å²) in [4.78, 5) is 36.5. The van der Waals surface area contributed by atoms with Crippen LogP contribution < -0.4 is 5.11 Å². The van der Waals surface area contributed by atoms with E-state index in [1.807, 2.05) is 54.7 Å². The van der Waals surface area contributed by atoms with E-state index < -0.39 is 18.1 Å². The summed E-state index contributed by atoms with van der Waals surface area (Å²) in [6.45, 7) is 4.40. The normalized spacial score (nSPS) is 13.8. The number of aliphatic carboxylic acids is 1. The number of carboxylic acid groups (broad SMARTS) is 1. The highest BCUT2D eigenvalue weighted by atomic mass is 16.6. The summed E-state index contributed by atoms with van der Waals surface area (Å²) in [5.41, 5.74) is 0. The molecule has 274 valence electrons. The highest BCUT2D eigenvalue weighted by molar-refractivity contribution is 5.70. The van der Waals surface area contributed by atoms with Crippen molar-refractivity contribution in [3.8, 4) is 0 Å². The first-order valence-corrected chi connectivity index (χ1v) is 18.4. The molecule has 48 heavy (non-hydrogen) atoms. The molecule has 0 saturated heterocycles. The van der Waals surface area contributed by atoms with E-state index in [9.17, 15) is 19.5 Å². The van der Waals surface area contributed by atoms with Crippen molar-refractivity contribution >= 4 is 17.9 Å². The van der Waals surface area contributed by atoms with Crippen LogP contribution in [0.4, 0.5) is 0 Å². The van der Waals surface area contributed by atoms with Crippen LogP contribution in [0.2, 0.25) is 0 Å². The molecule has 0 spiro atoms. The third-order valence-electron chi connectivity index (χ3n) is 7.80. The molecule has 0 aromatic heterocycles. The lowest BCUT2D eigenvalue weighted by atomic mass is 10.1. The number of ether oxygens (including phenoxy) is 3. The molecule has 0 N–H and O–H groups in total. The molecule has 0 bridgehead atoms. The van der Waals surface area contributed by atoms with Gasteiger partial charge in [-0.05, 0) is 25.7 Å². The van der Waals surface area contributed by atoms with E-state index in [1.54, 1.807) is 21.1 Å². The predicted molar refractivity (Wildman–Crippen MR) is 194 cm³/mol. The van der Waals surface area contributed by atoms with Crippen LogP contribution >= 0.6 is 0 Å². The molecule has 0 heterocycles. The summed E-state index contributed by atoms with van der Waals surface area (Å²) in [6, 6.07) is -0.735. The van der Waals surface area contributed by atoms with Crippen LogP contribution in [-0.2, 0) is 28.6 Å². The van der Waals surface area contributed by atoms with Gasteiger partial charge in [0.1, 0.15) is 12.6 Å². The van der Waals surface area contributed by atoms with Crippen molar-refractivity contribution in [2.75, 3.05) is 41.0 Å². The Balaban J connectivity index is 4.58. The number of allylic oxidation sites excluding steroid dienone is 10. The van der Waals surface area contributed by atoms with E-state index >= 15 is 0 Å².